The molecule has 71 heavy (non-hydrogen) atoms. The number of aliphatic hydroxyl groups is 1. The lowest BCUT2D eigenvalue weighted by atomic mass is 9.71. The molecule has 16 nitrogen and oxygen atoms in total. The number of carbonyl (C=O) groups excluding carboxylic acids is 6. The van der Waals surface area contributed by atoms with Crippen molar-refractivity contribution in [3.63, 3.8) is 0 Å². The molecular formula is C54H65N9O7S. The molecule has 2 aromatic heterocycles. The maximum atomic E-state index is 14.1. The normalized spacial score (nSPS) is 17.7. The molecule has 2 aliphatic heterocycles. The summed E-state index contributed by atoms with van der Waals surface area (Å²) in [5.74, 6) is -1.94. The second kappa shape index (κ2) is 21.3. The highest BCUT2D eigenvalue weighted by molar-refractivity contribution is 7.13. The Hall–Kier alpha value is -6.69. The molecule has 1 aliphatic carbocycles. The number of thiazole rings is 1. The van der Waals surface area contributed by atoms with E-state index in [1.54, 1.807) is 48.0 Å². The van der Waals surface area contributed by atoms with Gasteiger partial charge in [-0.2, -0.15) is 0 Å². The van der Waals surface area contributed by atoms with Gasteiger partial charge in [0.15, 0.2) is 0 Å². The summed E-state index contributed by atoms with van der Waals surface area (Å²) < 4.78 is 2.16. The Balaban J connectivity index is 0.790. The molecule has 0 bridgehead atoms. The third-order valence-corrected chi connectivity index (χ3v) is 15.0. The van der Waals surface area contributed by atoms with Gasteiger partial charge in [-0.15, -0.1) is 11.3 Å². The molecule has 1 saturated carbocycles. The number of rotatable bonds is 16. The highest BCUT2D eigenvalue weighted by Crippen LogP contribution is 2.49. The monoisotopic (exact) mass is 983 g/mol. The van der Waals surface area contributed by atoms with Crippen LogP contribution in [0.2, 0.25) is 0 Å². The summed E-state index contributed by atoms with van der Waals surface area (Å²) in [5.41, 5.74) is 8.77. The van der Waals surface area contributed by atoms with E-state index in [0.717, 1.165) is 70.9 Å². The second-order valence-corrected chi connectivity index (χ2v) is 21.2. The van der Waals surface area contributed by atoms with E-state index in [2.05, 4.69) is 41.8 Å². The summed E-state index contributed by atoms with van der Waals surface area (Å²) in [6.45, 7) is 10.1. The topological polar surface area (TPSA) is 198 Å². The van der Waals surface area contributed by atoms with Crippen LogP contribution in [0.4, 0.5) is 5.69 Å². The van der Waals surface area contributed by atoms with Crippen LogP contribution in [0.5, 0.6) is 0 Å². The number of carbonyl (C=O) groups is 6. The lowest BCUT2D eigenvalue weighted by Crippen LogP contribution is -2.57. The SMILES string of the molecule is Cc1ncsc1-c1ccc(CNC(=O)[C@@H]2C[C@@H](O)CN2C(=O)[C@@H](NC(=O)CCC(=O)Nc2ccc(CNC(=O)c3ccc4n3CCN(Cc3ccc(C(=O)N(C)C)cc3)C43CCC3)cc2)C(C)(C)C)cc1. The lowest BCUT2D eigenvalue weighted by molar-refractivity contribution is -0.144. The number of amides is 6. The zero-order valence-corrected chi connectivity index (χ0v) is 42.2. The summed E-state index contributed by atoms with van der Waals surface area (Å²) in [6, 6.07) is 24.9. The van der Waals surface area contributed by atoms with Gasteiger partial charge in [-0.25, -0.2) is 4.98 Å². The molecular weight excluding hydrogens is 919 g/mol. The number of benzene rings is 3. The maximum absolute atomic E-state index is 14.1. The van der Waals surface area contributed by atoms with Crippen LogP contribution in [0.3, 0.4) is 0 Å². The smallest absolute Gasteiger partial charge is 0.268 e. The third-order valence-electron chi connectivity index (χ3n) is 14.0. The van der Waals surface area contributed by atoms with Crippen LogP contribution in [0.15, 0.2) is 90.4 Å². The van der Waals surface area contributed by atoms with E-state index in [0.29, 0.717) is 23.5 Å². The van der Waals surface area contributed by atoms with Gasteiger partial charge in [-0.05, 0) is 90.3 Å². The van der Waals surface area contributed by atoms with Crippen LogP contribution in [0.1, 0.15) is 108 Å². The number of β-amino-alcohol motifs (C(OH)–C–C–N with tert-alkyl or cyclic N) is 1. The van der Waals surface area contributed by atoms with Gasteiger partial charge in [-0.1, -0.05) is 69.3 Å². The first-order valence-corrected chi connectivity index (χ1v) is 25.3. The molecule has 4 heterocycles. The van der Waals surface area contributed by atoms with Crippen LogP contribution in [0.25, 0.3) is 10.4 Å². The lowest BCUT2D eigenvalue weighted by Gasteiger charge is -2.53. The van der Waals surface area contributed by atoms with Gasteiger partial charge in [0.05, 0.1) is 27.7 Å². The molecule has 374 valence electrons. The highest BCUT2D eigenvalue weighted by atomic mass is 32.1. The molecule has 3 atom stereocenters. The van der Waals surface area contributed by atoms with Gasteiger partial charge < -0.3 is 40.7 Å². The number of anilines is 1. The van der Waals surface area contributed by atoms with E-state index >= 15 is 0 Å². The number of nitrogens with zero attached hydrogens (tertiary/aromatic N) is 5. The van der Waals surface area contributed by atoms with Gasteiger partial charge in [0.2, 0.25) is 23.6 Å². The van der Waals surface area contributed by atoms with Gasteiger partial charge >= 0.3 is 0 Å². The molecule has 2 fully saturated rings. The van der Waals surface area contributed by atoms with Crippen molar-refractivity contribution in [2.45, 2.75) is 116 Å². The van der Waals surface area contributed by atoms with Crippen LogP contribution in [0, 0.1) is 12.3 Å². The van der Waals surface area contributed by atoms with E-state index in [-0.39, 0.29) is 62.2 Å². The number of hydrogen-bond acceptors (Lipinski definition) is 10. The first-order valence-electron chi connectivity index (χ1n) is 24.4. The Kier molecular flexibility index (Phi) is 15.2. The Bertz CT molecular complexity index is 2760. The summed E-state index contributed by atoms with van der Waals surface area (Å²) in [4.78, 5) is 90.7. The zero-order valence-electron chi connectivity index (χ0n) is 41.4. The largest absolute Gasteiger partial charge is 0.391 e. The van der Waals surface area contributed by atoms with E-state index in [9.17, 15) is 33.9 Å². The summed E-state index contributed by atoms with van der Waals surface area (Å²) >= 11 is 1.56. The molecule has 5 N–H and O–H groups in total. The van der Waals surface area contributed by atoms with Crippen molar-refractivity contribution in [2.24, 2.45) is 5.41 Å². The number of hydrogen-bond donors (Lipinski definition) is 5. The van der Waals surface area contributed by atoms with Crippen molar-refractivity contribution >= 4 is 52.5 Å². The van der Waals surface area contributed by atoms with Crippen molar-refractivity contribution in [3.05, 3.63) is 130 Å². The molecule has 0 unspecified atom stereocenters. The van der Waals surface area contributed by atoms with Gasteiger partial charge in [0.1, 0.15) is 17.8 Å². The molecule has 17 heteroatoms. The molecule has 1 saturated heterocycles. The van der Waals surface area contributed by atoms with Crippen LogP contribution in [-0.2, 0) is 50.9 Å². The number of fused-ring (bicyclic) bond motifs is 2. The molecule has 5 aromatic rings. The Morgan fingerprint density at radius 1 is 0.831 bits per heavy atom. The van der Waals surface area contributed by atoms with Gasteiger partial charge in [0, 0.05) is 89.6 Å². The summed E-state index contributed by atoms with van der Waals surface area (Å²) in [7, 11) is 3.50. The molecule has 8 rings (SSSR count). The predicted octanol–water partition coefficient (Wildman–Crippen LogP) is 5.97. The van der Waals surface area contributed by atoms with Crippen molar-refractivity contribution in [2.75, 3.05) is 32.5 Å². The van der Waals surface area contributed by atoms with Crippen LogP contribution in [-0.4, -0.2) is 110 Å². The molecule has 3 aliphatic rings. The number of aromatic nitrogens is 2. The molecule has 1 spiro atoms. The average molecular weight is 984 g/mol. The Morgan fingerprint density at radius 2 is 1.48 bits per heavy atom. The standard InChI is InChI=1S/C54H65N9O7S/c1-34-47(71-33-57-34)38-14-8-35(9-15-38)29-56-50(68)43-28-41(64)32-63(43)52(70)48(53(2,3)4)59-46(66)23-22-45(65)58-40-18-12-36(13-19-40)30-55-49(67)42-20-21-44-54(24-7-25-54)61(26-27-62(42)44)31-37-10-16-39(17-11-37)51(69)60(5)6/h8-21,33,41,43,48,64H,7,22-32H2,1-6H3,(H,55,67)(H,56,68)(H,58,65)(H,59,66)/t41-,43+,48-/m1/s1. The fraction of sp³-hybridized carbons (Fsp3) is 0.426. The first kappa shape index (κ1) is 50.7. The minimum Gasteiger partial charge on any atom is -0.391 e. The molecule has 0 radical (unpaired) electrons. The number of likely N-dealkylation sites (tertiary alicyclic amines) is 1. The second-order valence-electron chi connectivity index (χ2n) is 20.3. The van der Waals surface area contributed by atoms with Crippen molar-refractivity contribution in [3.8, 4) is 10.4 Å². The quantitative estimate of drug-likeness (QED) is 0.0791. The van der Waals surface area contributed by atoms with E-state index in [1.165, 1.54) is 4.90 Å². The fourth-order valence-electron chi connectivity index (χ4n) is 9.90. The van der Waals surface area contributed by atoms with Crippen LogP contribution >= 0.6 is 11.3 Å². The van der Waals surface area contributed by atoms with Crippen molar-refractivity contribution in [1.82, 2.24) is 40.2 Å². The summed E-state index contributed by atoms with van der Waals surface area (Å²) in [6.07, 6.45) is 2.00. The minimum absolute atomic E-state index is 0.0203. The van der Waals surface area contributed by atoms with E-state index in [4.69, 9.17) is 0 Å². The van der Waals surface area contributed by atoms with Gasteiger partial charge in [-0.3, -0.25) is 33.7 Å². The zero-order chi connectivity index (χ0) is 50.6. The van der Waals surface area contributed by atoms with E-state index < -0.39 is 41.3 Å². The average Bonchev–Trinajstić information content (AvgIpc) is 4.09. The predicted molar refractivity (Wildman–Crippen MR) is 272 cm³/mol. The van der Waals surface area contributed by atoms with Crippen LogP contribution < -0.4 is 21.3 Å². The van der Waals surface area contributed by atoms with Crippen molar-refractivity contribution < 1.29 is 33.9 Å². The molecule has 6 amide bonds. The maximum Gasteiger partial charge on any atom is 0.268 e. The number of aryl methyl sites for hydroxylation is 1. The highest BCUT2D eigenvalue weighted by Gasteiger charge is 2.49. The third kappa shape index (κ3) is 11.4. The van der Waals surface area contributed by atoms with Gasteiger partial charge in [0.25, 0.3) is 11.8 Å². The Morgan fingerprint density at radius 3 is 2.10 bits per heavy atom. The van der Waals surface area contributed by atoms with E-state index in [1.807, 2.05) is 94.4 Å². The summed E-state index contributed by atoms with van der Waals surface area (Å²) in [5, 5.41) is 22.2. The minimum atomic E-state index is -1.02. The number of nitrogens with one attached hydrogen (secondary N) is 4. The first-order chi connectivity index (χ1) is 33.9. The number of aliphatic hydroxyl groups excluding tert-OH is 1. The fourth-order valence-corrected chi connectivity index (χ4v) is 10.7. The molecule has 3 aromatic carbocycles. The Labute approximate surface area is 419 Å². The van der Waals surface area contributed by atoms with Crippen molar-refractivity contribution in [1.29, 1.82) is 0 Å².